The molecular formula is C12H11FO2S. The lowest BCUT2D eigenvalue weighted by molar-refractivity contribution is -0.109. The van der Waals surface area contributed by atoms with E-state index < -0.39 is 5.82 Å². The van der Waals surface area contributed by atoms with Crippen molar-refractivity contribution in [2.75, 3.05) is 5.75 Å². The summed E-state index contributed by atoms with van der Waals surface area (Å²) in [5.74, 6) is 5.46. The van der Waals surface area contributed by atoms with Crippen LogP contribution in [0, 0.1) is 17.7 Å². The first kappa shape index (κ1) is 12.8. The van der Waals surface area contributed by atoms with Crippen LogP contribution in [0.15, 0.2) is 18.2 Å². The molecule has 1 aromatic rings. The average molecular weight is 238 g/mol. The Morgan fingerprint density at radius 1 is 1.50 bits per heavy atom. The van der Waals surface area contributed by atoms with Crippen LogP contribution >= 0.6 is 11.8 Å². The molecule has 0 saturated carbocycles. The number of hydrogen-bond acceptors (Lipinski definition) is 3. The van der Waals surface area contributed by atoms with E-state index in [4.69, 9.17) is 5.11 Å². The van der Waals surface area contributed by atoms with E-state index in [1.54, 1.807) is 6.07 Å². The molecule has 0 unspecified atom stereocenters. The molecule has 0 atom stereocenters. The highest BCUT2D eigenvalue weighted by Crippen LogP contribution is 2.08. The summed E-state index contributed by atoms with van der Waals surface area (Å²) in [5, 5.41) is 8.87. The molecule has 4 heteroatoms. The first-order valence-corrected chi connectivity index (χ1v) is 5.63. The number of halogens is 1. The SMILES string of the molecule is CC(=O)SCC#Cc1cc(F)cc(CO)c1. The predicted octanol–water partition coefficient (Wildman–Crippen LogP) is 1.95. The minimum absolute atomic E-state index is 0.00425. The van der Waals surface area contributed by atoms with Crippen molar-refractivity contribution in [3.05, 3.63) is 35.1 Å². The first-order valence-electron chi connectivity index (χ1n) is 4.64. The smallest absolute Gasteiger partial charge is 0.186 e. The summed E-state index contributed by atoms with van der Waals surface area (Å²) in [7, 11) is 0. The Labute approximate surface area is 97.9 Å². The van der Waals surface area contributed by atoms with E-state index in [9.17, 15) is 9.18 Å². The molecule has 0 radical (unpaired) electrons. The molecule has 0 spiro atoms. The third kappa shape index (κ3) is 4.47. The minimum atomic E-state index is -0.421. The van der Waals surface area contributed by atoms with E-state index in [-0.39, 0.29) is 11.7 Å². The monoisotopic (exact) mass is 238 g/mol. The van der Waals surface area contributed by atoms with Crippen molar-refractivity contribution in [2.24, 2.45) is 0 Å². The molecule has 0 aliphatic carbocycles. The van der Waals surface area contributed by atoms with Gasteiger partial charge in [0.05, 0.1) is 12.4 Å². The maximum absolute atomic E-state index is 13.0. The number of rotatable bonds is 2. The molecule has 1 aromatic carbocycles. The Morgan fingerprint density at radius 2 is 2.25 bits per heavy atom. The van der Waals surface area contributed by atoms with Gasteiger partial charge in [-0.1, -0.05) is 23.6 Å². The quantitative estimate of drug-likeness (QED) is 0.800. The maximum atomic E-state index is 13.0. The van der Waals surface area contributed by atoms with E-state index in [2.05, 4.69) is 11.8 Å². The summed E-state index contributed by atoms with van der Waals surface area (Å²) >= 11 is 1.11. The Bertz CT molecular complexity index is 446. The minimum Gasteiger partial charge on any atom is -0.392 e. The van der Waals surface area contributed by atoms with E-state index >= 15 is 0 Å². The third-order valence-electron chi connectivity index (χ3n) is 1.72. The first-order chi connectivity index (χ1) is 7.61. The van der Waals surface area contributed by atoms with E-state index in [0.717, 1.165) is 11.8 Å². The molecule has 16 heavy (non-hydrogen) atoms. The zero-order chi connectivity index (χ0) is 12.0. The van der Waals surface area contributed by atoms with Gasteiger partial charge in [-0.2, -0.15) is 0 Å². The highest BCUT2D eigenvalue weighted by molar-refractivity contribution is 8.13. The van der Waals surface area contributed by atoms with Crippen molar-refractivity contribution >= 4 is 16.9 Å². The Kier molecular flexibility index (Phi) is 5.03. The fraction of sp³-hybridized carbons (Fsp3) is 0.250. The van der Waals surface area contributed by atoms with E-state index in [0.29, 0.717) is 16.9 Å². The number of carbonyl (C=O) groups is 1. The van der Waals surface area contributed by atoms with Crippen molar-refractivity contribution in [3.63, 3.8) is 0 Å². The topological polar surface area (TPSA) is 37.3 Å². The van der Waals surface area contributed by atoms with Gasteiger partial charge in [0.1, 0.15) is 5.82 Å². The number of hydrogen-bond donors (Lipinski definition) is 1. The Morgan fingerprint density at radius 3 is 2.88 bits per heavy atom. The number of aliphatic hydroxyl groups excluding tert-OH is 1. The molecule has 0 aliphatic heterocycles. The van der Waals surface area contributed by atoms with Crippen LogP contribution in [0.4, 0.5) is 4.39 Å². The summed E-state index contributed by atoms with van der Waals surface area (Å²) in [5.41, 5.74) is 0.997. The number of aliphatic hydroxyl groups is 1. The normalized spacial score (nSPS) is 9.44. The number of benzene rings is 1. The van der Waals surface area contributed by atoms with Gasteiger partial charge in [0.2, 0.25) is 0 Å². The van der Waals surface area contributed by atoms with Crippen molar-refractivity contribution in [3.8, 4) is 11.8 Å². The fourth-order valence-corrected chi connectivity index (χ4v) is 1.44. The molecule has 2 nitrogen and oxygen atoms in total. The van der Waals surface area contributed by atoms with Crippen LogP contribution in [-0.2, 0) is 11.4 Å². The molecule has 0 bridgehead atoms. The summed E-state index contributed by atoms with van der Waals surface area (Å²) in [4.78, 5) is 10.6. The largest absolute Gasteiger partial charge is 0.392 e. The highest BCUT2D eigenvalue weighted by atomic mass is 32.2. The second-order valence-corrected chi connectivity index (χ2v) is 4.24. The van der Waals surface area contributed by atoms with Crippen LogP contribution in [0.2, 0.25) is 0 Å². The van der Waals surface area contributed by atoms with Crippen molar-refractivity contribution < 1.29 is 14.3 Å². The van der Waals surface area contributed by atoms with Crippen LogP contribution < -0.4 is 0 Å². The second-order valence-electron chi connectivity index (χ2n) is 3.09. The molecule has 0 fully saturated rings. The second kappa shape index (κ2) is 6.31. The number of carbonyl (C=O) groups excluding carboxylic acids is 1. The molecule has 0 amide bonds. The lowest BCUT2D eigenvalue weighted by Crippen LogP contribution is -1.88. The molecule has 1 N–H and O–H groups in total. The lowest BCUT2D eigenvalue weighted by Gasteiger charge is -1.97. The zero-order valence-corrected chi connectivity index (χ0v) is 9.60. The summed E-state index contributed by atoms with van der Waals surface area (Å²) < 4.78 is 13.0. The highest BCUT2D eigenvalue weighted by Gasteiger charge is 1.97. The number of thioether (sulfide) groups is 1. The van der Waals surface area contributed by atoms with Gasteiger partial charge < -0.3 is 5.11 Å². The van der Waals surface area contributed by atoms with Crippen LogP contribution in [0.5, 0.6) is 0 Å². The van der Waals surface area contributed by atoms with Gasteiger partial charge in [-0.3, -0.25) is 4.79 Å². The van der Waals surface area contributed by atoms with Gasteiger partial charge in [0.25, 0.3) is 0 Å². The Balaban J connectivity index is 2.72. The van der Waals surface area contributed by atoms with Crippen LogP contribution in [-0.4, -0.2) is 16.0 Å². The summed E-state index contributed by atoms with van der Waals surface area (Å²) in [6.45, 7) is 1.26. The molecule has 1 rings (SSSR count). The standard InChI is InChI=1S/C12H11FO2S/c1-9(15)16-4-2-3-10-5-11(8-14)7-12(13)6-10/h5-7,14H,4,8H2,1H3. The zero-order valence-electron chi connectivity index (χ0n) is 8.79. The van der Waals surface area contributed by atoms with Gasteiger partial charge in [0, 0.05) is 12.5 Å². The summed E-state index contributed by atoms with van der Waals surface area (Å²) in [6, 6.07) is 4.18. The fourth-order valence-electron chi connectivity index (χ4n) is 1.09. The van der Waals surface area contributed by atoms with Crippen molar-refractivity contribution in [1.82, 2.24) is 0 Å². The van der Waals surface area contributed by atoms with Crippen LogP contribution in [0.25, 0.3) is 0 Å². The molecule has 0 aliphatic rings. The third-order valence-corrected chi connectivity index (χ3v) is 2.42. The van der Waals surface area contributed by atoms with E-state index in [1.807, 2.05) is 0 Å². The van der Waals surface area contributed by atoms with Crippen LogP contribution in [0.3, 0.4) is 0 Å². The van der Waals surface area contributed by atoms with Gasteiger partial charge in [-0.15, -0.1) is 0 Å². The van der Waals surface area contributed by atoms with E-state index in [1.165, 1.54) is 19.1 Å². The van der Waals surface area contributed by atoms with Crippen molar-refractivity contribution in [1.29, 1.82) is 0 Å². The van der Waals surface area contributed by atoms with Crippen molar-refractivity contribution in [2.45, 2.75) is 13.5 Å². The predicted molar refractivity (Wildman–Crippen MR) is 62.3 cm³/mol. The van der Waals surface area contributed by atoms with Gasteiger partial charge in [-0.25, -0.2) is 4.39 Å². The van der Waals surface area contributed by atoms with Crippen LogP contribution in [0.1, 0.15) is 18.1 Å². The van der Waals surface area contributed by atoms with Gasteiger partial charge in [-0.05, 0) is 23.8 Å². The lowest BCUT2D eigenvalue weighted by atomic mass is 10.1. The van der Waals surface area contributed by atoms with Gasteiger partial charge >= 0.3 is 0 Å². The van der Waals surface area contributed by atoms with Gasteiger partial charge in [0.15, 0.2) is 5.12 Å². The molecule has 84 valence electrons. The summed E-state index contributed by atoms with van der Waals surface area (Å²) in [6.07, 6.45) is 0. The molecule has 0 saturated heterocycles. The molecular weight excluding hydrogens is 227 g/mol. The molecule has 0 aromatic heterocycles. The Hall–Kier alpha value is -1.31. The molecule has 0 heterocycles. The average Bonchev–Trinajstić information content (AvgIpc) is 2.23. The maximum Gasteiger partial charge on any atom is 0.186 e.